The lowest BCUT2D eigenvalue weighted by molar-refractivity contribution is -0.286. The Bertz CT molecular complexity index is 1130. The number of carbonyl (C=O) groups excluding carboxylic acids is 1. The number of aryl methyl sites for hydroxylation is 1. The van der Waals surface area contributed by atoms with Crippen LogP contribution in [0.2, 0.25) is 0 Å². The van der Waals surface area contributed by atoms with Gasteiger partial charge in [-0.25, -0.2) is 0 Å². The molecule has 0 saturated heterocycles. The van der Waals surface area contributed by atoms with Crippen molar-refractivity contribution < 1.29 is 34.7 Å². The van der Waals surface area contributed by atoms with Crippen LogP contribution in [0.5, 0.6) is 11.5 Å². The number of fused-ring (bicyclic) bond motifs is 2. The number of anilines is 1. The smallest absolute Gasteiger partial charge is 0.395 e. The van der Waals surface area contributed by atoms with E-state index in [9.17, 15) is 18.7 Å². The molecule has 3 N–H and O–H groups in total. The lowest BCUT2D eigenvalue weighted by Crippen LogP contribution is -2.25. The molecule has 1 aliphatic heterocycles. The molecule has 0 fully saturated rings. The monoisotopic (exact) mass is 434 g/mol. The lowest BCUT2D eigenvalue weighted by Gasteiger charge is -2.13. The number of benzene rings is 2. The molecule has 4 rings (SSSR count). The summed E-state index contributed by atoms with van der Waals surface area (Å²) in [7, 11) is 0. The molecule has 0 unspecified atom stereocenters. The summed E-state index contributed by atoms with van der Waals surface area (Å²) in [5, 5.41) is 22.7. The van der Waals surface area contributed by atoms with Crippen molar-refractivity contribution in [3.05, 3.63) is 53.7 Å². The second kappa shape index (κ2) is 8.16. The number of alkyl halides is 2. The van der Waals surface area contributed by atoms with Gasteiger partial charge in [0.15, 0.2) is 11.5 Å². The molecule has 1 atom stereocenters. The molecule has 2 heterocycles. The molecule has 0 radical (unpaired) electrons. The zero-order valence-electron chi connectivity index (χ0n) is 16.8. The van der Waals surface area contributed by atoms with Gasteiger partial charge in [0.1, 0.15) is 0 Å². The number of aliphatic hydroxyl groups is 2. The van der Waals surface area contributed by atoms with E-state index < -0.39 is 12.4 Å². The van der Waals surface area contributed by atoms with Crippen LogP contribution in [0.25, 0.3) is 10.9 Å². The number of aliphatic hydroxyl groups excluding tert-OH is 2. The van der Waals surface area contributed by atoms with Crippen LogP contribution in [0.1, 0.15) is 19.6 Å². The van der Waals surface area contributed by atoms with E-state index in [1.54, 1.807) is 6.07 Å². The van der Waals surface area contributed by atoms with Gasteiger partial charge in [0.2, 0.25) is 5.91 Å². The number of nitrogens with zero attached hydrogens (tertiary/aromatic N) is 1. The molecule has 0 bridgehead atoms. The molecule has 1 aromatic heterocycles. The van der Waals surface area contributed by atoms with Gasteiger partial charge in [-0.1, -0.05) is 13.0 Å². The summed E-state index contributed by atoms with van der Waals surface area (Å²) in [6.07, 6.45) is -3.83. The Morgan fingerprint density at radius 3 is 2.71 bits per heavy atom. The highest BCUT2D eigenvalue weighted by Gasteiger charge is 2.43. The molecule has 7 nitrogen and oxygen atoms in total. The molecule has 1 aliphatic rings. The molecule has 0 spiro atoms. The number of halogens is 2. The topological polar surface area (TPSA) is 93.0 Å². The van der Waals surface area contributed by atoms with Gasteiger partial charge in [-0.15, -0.1) is 8.78 Å². The number of carbonyl (C=O) groups is 1. The predicted octanol–water partition coefficient (Wildman–Crippen LogP) is 3.31. The Balaban J connectivity index is 0.00000289. The zero-order valence-corrected chi connectivity index (χ0v) is 16.8. The van der Waals surface area contributed by atoms with E-state index in [0.29, 0.717) is 11.3 Å². The van der Waals surface area contributed by atoms with Crippen LogP contribution in [0.15, 0.2) is 42.5 Å². The first-order chi connectivity index (χ1) is 14.8. The fraction of sp³-hybridized carbons (Fsp3) is 0.318. The third-order valence-corrected chi connectivity index (χ3v) is 5.07. The fourth-order valence-corrected chi connectivity index (χ4v) is 3.68. The van der Waals surface area contributed by atoms with E-state index in [0.717, 1.165) is 23.0 Å². The summed E-state index contributed by atoms with van der Waals surface area (Å²) in [6, 6.07) is 11.6. The maximum atomic E-state index is 13.1. The molecule has 0 aliphatic carbocycles. The first-order valence-electron chi connectivity index (χ1n) is 9.87. The summed E-state index contributed by atoms with van der Waals surface area (Å²) in [6.45, 7) is 1.95. The van der Waals surface area contributed by atoms with Crippen molar-refractivity contribution in [1.82, 2.24) is 4.57 Å². The number of ether oxygens (including phenoxy) is 2. The van der Waals surface area contributed by atoms with E-state index in [2.05, 4.69) is 14.8 Å². The third-order valence-electron chi connectivity index (χ3n) is 5.07. The number of nitrogens with one attached hydrogen (secondary N) is 1. The molecular weight excluding hydrogens is 410 g/mol. The summed E-state index contributed by atoms with van der Waals surface area (Å²) < 4.78 is 37.0. The van der Waals surface area contributed by atoms with Crippen LogP contribution < -0.4 is 14.8 Å². The van der Waals surface area contributed by atoms with Crippen molar-refractivity contribution in [2.75, 3.05) is 11.9 Å². The summed E-state index contributed by atoms with van der Waals surface area (Å²) in [4.78, 5) is 12.5. The second-order valence-corrected chi connectivity index (χ2v) is 7.38. The Hall–Kier alpha value is -3.17. The number of amides is 1. The largest absolute Gasteiger partial charge is 0.586 e. The van der Waals surface area contributed by atoms with E-state index in [1.807, 2.05) is 29.7 Å². The Morgan fingerprint density at radius 1 is 1.19 bits per heavy atom. The SMILES string of the molecule is CCc1cc2cc(NC(=O)Cc3ccc4c(c3)OC(F)(F)O4)ccc2n1C[C@H](O)CO.[HH]. The number of hydrogen-bond donors (Lipinski definition) is 3. The van der Waals surface area contributed by atoms with Gasteiger partial charge in [-0.2, -0.15) is 0 Å². The van der Waals surface area contributed by atoms with Gasteiger partial charge in [-0.3, -0.25) is 4.79 Å². The highest BCUT2D eigenvalue weighted by atomic mass is 19.3. The molecular formula is C22H24F2N2O5. The molecule has 31 heavy (non-hydrogen) atoms. The van der Waals surface area contributed by atoms with Gasteiger partial charge in [0, 0.05) is 23.7 Å². The first kappa shape index (κ1) is 21.1. The maximum Gasteiger partial charge on any atom is 0.586 e. The quantitative estimate of drug-likeness (QED) is 0.531. The van der Waals surface area contributed by atoms with Gasteiger partial charge in [0.05, 0.1) is 25.7 Å². The Labute approximate surface area is 178 Å². The maximum absolute atomic E-state index is 13.1. The van der Waals surface area contributed by atoms with E-state index in [-0.39, 0.29) is 38.4 Å². The van der Waals surface area contributed by atoms with Crippen molar-refractivity contribution >= 4 is 22.5 Å². The number of hydrogen-bond acceptors (Lipinski definition) is 5. The van der Waals surface area contributed by atoms with Gasteiger partial charge in [-0.05, 0) is 48.4 Å². The number of rotatable bonds is 7. The van der Waals surface area contributed by atoms with Crippen molar-refractivity contribution in [2.45, 2.75) is 38.7 Å². The molecule has 3 aromatic rings. The van der Waals surface area contributed by atoms with Crippen molar-refractivity contribution in [3.8, 4) is 11.5 Å². The van der Waals surface area contributed by atoms with Crippen molar-refractivity contribution in [3.63, 3.8) is 0 Å². The van der Waals surface area contributed by atoms with Crippen molar-refractivity contribution in [1.29, 1.82) is 0 Å². The fourth-order valence-electron chi connectivity index (χ4n) is 3.68. The van der Waals surface area contributed by atoms with Gasteiger partial charge >= 0.3 is 6.29 Å². The van der Waals surface area contributed by atoms with Gasteiger partial charge in [0.25, 0.3) is 0 Å². The normalized spacial score (nSPS) is 15.3. The van der Waals surface area contributed by atoms with Crippen LogP contribution in [0.3, 0.4) is 0 Å². The highest BCUT2D eigenvalue weighted by Crippen LogP contribution is 2.41. The van der Waals surface area contributed by atoms with Crippen LogP contribution in [0.4, 0.5) is 14.5 Å². The minimum absolute atomic E-state index is 0. The zero-order chi connectivity index (χ0) is 22.2. The third kappa shape index (κ3) is 4.47. The molecule has 1 amide bonds. The van der Waals surface area contributed by atoms with Crippen molar-refractivity contribution in [2.24, 2.45) is 0 Å². The highest BCUT2D eigenvalue weighted by molar-refractivity contribution is 5.95. The number of aromatic nitrogens is 1. The average molecular weight is 434 g/mol. The van der Waals surface area contributed by atoms with Crippen LogP contribution in [-0.2, 0) is 24.2 Å². The Morgan fingerprint density at radius 2 is 1.97 bits per heavy atom. The average Bonchev–Trinajstić information content (AvgIpc) is 3.22. The lowest BCUT2D eigenvalue weighted by atomic mass is 10.1. The van der Waals surface area contributed by atoms with Crippen LogP contribution in [-0.4, -0.2) is 39.7 Å². The summed E-state index contributed by atoms with van der Waals surface area (Å²) in [5.41, 5.74) is 2.99. The summed E-state index contributed by atoms with van der Waals surface area (Å²) in [5.74, 6) is -0.479. The summed E-state index contributed by atoms with van der Waals surface area (Å²) >= 11 is 0. The Kier molecular flexibility index (Phi) is 5.55. The molecule has 2 aromatic carbocycles. The van der Waals surface area contributed by atoms with Crippen LogP contribution in [0, 0.1) is 0 Å². The van der Waals surface area contributed by atoms with E-state index in [1.165, 1.54) is 18.2 Å². The van der Waals surface area contributed by atoms with E-state index >= 15 is 0 Å². The standard InChI is InChI=1S/C22H22F2N2O5.H2/c1-2-16-10-14-9-15(4-5-18(14)26(16)11-17(28)12-27)25-21(29)8-13-3-6-19-20(7-13)31-22(23,24)30-19;/h3-7,9-10,17,27-28H,2,8,11-12H2,1H3,(H,25,29);1H/t17-;/m0./s1. The molecule has 9 heteroatoms. The first-order valence-corrected chi connectivity index (χ1v) is 9.87. The second-order valence-electron chi connectivity index (χ2n) is 7.38. The minimum Gasteiger partial charge on any atom is -0.395 e. The molecule has 166 valence electrons. The van der Waals surface area contributed by atoms with E-state index in [4.69, 9.17) is 5.11 Å². The molecule has 0 saturated carbocycles. The van der Waals surface area contributed by atoms with Crippen LogP contribution >= 0.6 is 0 Å². The predicted molar refractivity (Wildman–Crippen MR) is 112 cm³/mol. The van der Waals surface area contributed by atoms with Gasteiger partial charge < -0.3 is 29.6 Å². The minimum atomic E-state index is -3.69.